The fraction of sp³-hybridized carbons (Fsp3) is 0.231. The van der Waals surface area contributed by atoms with Crippen LogP contribution < -0.4 is 10.1 Å². The van der Waals surface area contributed by atoms with Gasteiger partial charge < -0.3 is 14.8 Å². The molecule has 0 amide bonds. The lowest BCUT2D eigenvalue weighted by atomic mass is 9.74. The zero-order chi connectivity index (χ0) is 21.8. The molecule has 1 spiro atoms. The highest BCUT2D eigenvalue weighted by atomic mass is 16.6. The molecule has 156 valence electrons. The smallest absolute Gasteiger partial charge is 0.330 e. The lowest BCUT2D eigenvalue weighted by molar-refractivity contribution is -0.139. The Bertz CT molecular complexity index is 1260. The lowest BCUT2D eigenvalue weighted by Gasteiger charge is -2.45. The number of benzene rings is 3. The predicted molar refractivity (Wildman–Crippen MR) is 123 cm³/mol. The Morgan fingerprint density at radius 1 is 1.13 bits per heavy atom. The quantitative estimate of drug-likeness (QED) is 0.454. The molecule has 5 rings (SSSR count). The molecule has 0 bridgehead atoms. The van der Waals surface area contributed by atoms with Crippen LogP contribution in [0.5, 0.6) is 5.75 Å². The molecule has 5 heteroatoms. The van der Waals surface area contributed by atoms with Crippen LogP contribution in [0.2, 0.25) is 0 Å². The van der Waals surface area contributed by atoms with Gasteiger partial charge in [-0.1, -0.05) is 55.1 Å². The van der Waals surface area contributed by atoms with E-state index in [0.717, 1.165) is 27.7 Å². The molecule has 2 atom stereocenters. The highest BCUT2D eigenvalue weighted by Gasteiger charge is 2.60. The number of hydrogen-bond acceptors (Lipinski definition) is 5. The van der Waals surface area contributed by atoms with Crippen LogP contribution in [0, 0.1) is 0 Å². The molecule has 0 fully saturated rings. The molecule has 31 heavy (non-hydrogen) atoms. The molecule has 2 aliphatic rings. The number of hydrogen-bond donors (Lipinski definition) is 1. The number of nitrogens with zero attached hydrogens (tertiary/aromatic N) is 1. The van der Waals surface area contributed by atoms with E-state index in [4.69, 9.17) is 14.5 Å². The second-order valence-electron chi connectivity index (χ2n) is 8.49. The van der Waals surface area contributed by atoms with Crippen molar-refractivity contribution in [2.75, 3.05) is 5.32 Å². The molecular weight excluding hydrogens is 388 g/mol. The number of carbonyl (C=O) groups excluding carboxylic acids is 1. The van der Waals surface area contributed by atoms with E-state index in [1.54, 1.807) is 0 Å². The Hall–Kier alpha value is -3.60. The van der Waals surface area contributed by atoms with E-state index in [1.165, 1.54) is 6.08 Å². The Balaban J connectivity index is 1.75. The summed E-state index contributed by atoms with van der Waals surface area (Å²) in [5, 5.41) is 5.64. The Kier molecular flexibility index (Phi) is 4.19. The van der Waals surface area contributed by atoms with E-state index in [9.17, 15) is 4.79 Å². The van der Waals surface area contributed by atoms with Gasteiger partial charge in [0.25, 0.3) is 0 Å². The van der Waals surface area contributed by atoms with Crippen LogP contribution in [0.3, 0.4) is 0 Å². The van der Waals surface area contributed by atoms with Crippen molar-refractivity contribution in [2.24, 2.45) is 4.99 Å². The third-order valence-electron chi connectivity index (χ3n) is 6.36. The van der Waals surface area contributed by atoms with Gasteiger partial charge in [0.05, 0.1) is 5.41 Å². The van der Waals surface area contributed by atoms with Gasteiger partial charge in [-0.25, -0.2) is 9.79 Å². The van der Waals surface area contributed by atoms with Gasteiger partial charge in [-0.05, 0) is 43.9 Å². The maximum atomic E-state index is 12.0. The van der Waals surface area contributed by atoms with Crippen molar-refractivity contribution in [2.45, 2.75) is 38.0 Å². The summed E-state index contributed by atoms with van der Waals surface area (Å²) in [4.78, 5) is 17.1. The highest BCUT2D eigenvalue weighted by molar-refractivity contribution is 6.09. The first kappa shape index (κ1) is 19.4. The summed E-state index contributed by atoms with van der Waals surface area (Å²) in [6, 6.07) is 20.2. The van der Waals surface area contributed by atoms with Gasteiger partial charge in [0, 0.05) is 17.1 Å². The van der Waals surface area contributed by atoms with Gasteiger partial charge in [0.2, 0.25) is 5.72 Å². The van der Waals surface area contributed by atoms with Crippen LogP contribution in [-0.2, 0) is 14.9 Å². The van der Waals surface area contributed by atoms with Gasteiger partial charge in [0.15, 0.2) is 0 Å². The van der Waals surface area contributed by atoms with Gasteiger partial charge >= 0.3 is 5.97 Å². The molecule has 3 aromatic rings. The number of para-hydroxylation sites is 1. The van der Waals surface area contributed by atoms with Crippen LogP contribution >= 0.6 is 0 Å². The van der Waals surface area contributed by atoms with Crippen molar-refractivity contribution < 1.29 is 14.3 Å². The molecule has 1 N–H and O–H groups in total. The number of fused-ring (bicyclic) bond motifs is 4. The summed E-state index contributed by atoms with van der Waals surface area (Å²) in [5.41, 5.74) is 1.97. The highest BCUT2D eigenvalue weighted by Crippen LogP contribution is 2.53. The van der Waals surface area contributed by atoms with Crippen LogP contribution in [0.4, 0.5) is 11.4 Å². The van der Waals surface area contributed by atoms with Gasteiger partial charge in [-0.2, -0.15) is 0 Å². The molecule has 2 aliphatic heterocycles. The monoisotopic (exact) mass is 412 g/mol. The Labute approximate surface area is 181 Å². The Morgan fingerprint density at radius 2 is 1.87 bits per heavy atom. The minimum absolute atomic E-state index is 0.486. The van der Waals surface area contributed by atoms with E-state index in [0.29, 0.717) is 11.5 Å². The normalized spacial score (nSPS) is 21.3. The standard InChI is InChI=1S/C26H24N2O3/c1-5-22(29)30-16(2)24-26(25(3,4)19-12-8-9-13-20(19)28-26)31-21-15-14-17-10-6-7-11-18(17)23(21)27-24/h5-16,28H,1H2,2-4H3. The van der Waals surface area contributed by atoms with Crippen molar-refractivity contribution >= 4 is 33.8 Å². The number of esters is 1. The summed E-state index contributed by atoms with van der Waals surface area (Å²) in [7, 11) is 0. The number of aliphatic imine (C=N–C) groups is 1. The molecule has 0 aliphatic carbocycles. The summed E-state index contributed by atoms with van der Waals surface area (Å²) < 4.78 is 12.4. The minimum Gasteiger partial charge on any atom is -0.459 e. The number of nitrogens with one attached hydrogen (secondary N) is 1. The fourth-order valence-corrected chi connectivity index (χ4v) is 4.71. The predicted octanol–water partition coefficient (Wildman–Crippen LogP) is 5.52. The molecule has 2 unspecified atom stereocenters. The summed E-state index contributed by atoms with van der Waals surface area (Å²) in [6.45, 7) is 9.59. The number of rotatable bonds is 3. The van der Waals surface area contributed by atoms with Crippen LogP contribution in [0.15, 0.2) is 78.3 Å². The van der Waals surface area contributed by atoms with Gasteiger partial charge in [-0.3, -0.25) is 0 Å². The molecule has 2 heterocycles. The summed E-state index contributed by atoms with van der Waals surface area (Å²) in [5.74, 6) is 0.195. The third kappa shape index (κ3) is 2.69. The SMILES string of the molecule is C=CC(=O)OC(C)C1=Nc2c(ccc3ccccc23)OC12Nc1ccccc1C2(C)C. The van der Waals surface area contributed by atoms with Crippen molar-refractivity contribution in [3.05, 3.63) is 78.9 Å². The van der Waals surface area contributed by atoms with Crippen LogP contribution in [0.25, 0.3) is 10.8 Å². The van der Waals surface area contributed by atoms with Crippen LogP contribution in [0.1, 0.15) is 26.3 Å². The van der Waals surface area contributed by atoms with E-state index in [-0.39, 0.29) is 0 Å². The van der Waals surface area contributed by atoms with E-state index in [1.807, 2.05) is 61.5 Å². The third-order valence-corrected chi connectivity index (χ3v) is 6.36. The first-order chi connectivity index (χ1) is 14.9. The number of ether oxygens (including phenoxy) is 2. The summed E-state index contributed by atoms with van der Waals surface area (Å²) in [6.07, 6.45) is 0.539. The molecule has 3 aromatic carbocycles. The number of carbonyl (C=O) groups is 1. The molecular formula is C26H24N2O3. The second kappa shape index (κ2) is 6.71. The largest absolute Gasteiger partial charge is 0.459 e. The maximum absolute atomic E-state index is 12.0. The average Bonchev–Trinajstić information content (AvgIpc) is 2.99. The van der Waals surface area contributed by atoms with Crippen LogP contribution in [-0.4, -0.2) is 23.5 Å². The molecule has 5 nitrogen and oxygen atoms in total. The minimum atomic E-state index is -1.01. The van der Waals surface area contributed by atoms with E-state index < -0.39 is 23.2 Å². The average molecular weight is 412 g/mol. The van der Waals surface area contributed by atoms with Crippen molar-refractivity contribution in [3.63, 3.8) is 0 Å². The zero-order valence-corrected chi connectivity index (χ0v) is 17.8. The molecule has 0 radical (unpaired) electrons. The van der Waals surface area contributed by atoms with E-state index in [2.05, 4.69) is 31.8 Å². The maximum Gasteiger partial charge on any atom is 0.330 e. The second-order valence-corrected chi connectivity index (χ2v) is 8.49. The van der Waals surface area contributed by atoms with Gasteiger partial charge in [0.1, 0.15) is 23.3 Å². The zero-order valence-electron chi connectivity index (χ0n) is 17.8. The molecule has 0 aromatic heterocycles. The first-order valence-electron chi connectivity index (χ1n) is 10.4. The Morgan fingerprint density at radius 3 is 2.65 bits per heavy atom. The lowest BCUT2D eigenvalue weighted by Crippen LogP contribution is -2.63. The number of anilines is 1. The summed E-state index contributed by atoms with van der Waals surface area (Å²) >= 11 is 0. The van der Waals surface area contributed by atoms with Crippen molar-refractivity contribution in [1.29, 1.82) is 0 Å². The van der Waals surface area contributed by atoms with Crippen molar-refractivity contribution in [3.8, 4) is 5.75 Å². The topological polar surface area (TPSA) is 59.9 Å². The van der Waals surface area contributed by atoms with E-state index >= 15 is 0 Å². The van der Waals surface area contributed by atoms with Gasteiger partial charge in [-0.15, -0.1) is 0 Å². The molecule has 0 saturated carbocycles. The first-order valence-corrected chi connectivity index (χ1v) is 10.4. The fourth-order valence-electron chi connectivity index (χ4n) is 4.71. The molecule has 0 saturated heterocycles. The van der Waals surface area contributed by atoms with Crippen molar-refractivity contribution in [1.82, 2.24) is 0 Å².